The summed E-state index contributed by atoms with van der Waals surface area (Å²) in [5.74, 6) is 1.13. The number of hydrogen-bond acceptors (Lipinski definition) is 4. The lowest BCUT2D eigenvalue weighted by Crippen LogP contribution is -2.48. The lowest BCUT2D eigenvalue weighted by molar-refractivity contribution is -0.133. The highest BCUT2D eigenvalue weighted by molar-refractivity contribution is 8.15. The number of aliphatic imine (C=N–C) groups is 1. The molecule has 4 atom stereocenters. The van der Waals surface area contributed by atoms with E-state index < -0.39 is 0 Å². The average Bonchev–Trinajstić information content (AvgIpc) is 2.72. The van der Waals surface area contributed by atoms with E-state index in [0.29, 0.717) is 5.25 Å². The van der Waals surface area contributed by atoms with Crippen molar-refractivity contribution in [3.63, 3.8) is 0 Å². The van der Waals surface area contributed by atoms with Gasteiger partial charge in [-0.3, -0.25) is 14.7 Å². The van der Waals surface area contributed by atoms with Crippen molar-refractivity contribution in [3.05, 3.63) is 0 Å². The Labute approximate surface area is 116 Å². The van der Waals surface area contributed by atoms with Gasteiger partial charge in [-0.25, -0.2) is 0 Å². The minimum Gasteiger partial charge on any atom is -0.290 e. The fraction of sp³-hybridized carbons (Fsp3) is 0.818. The molecule has 2 aliphatic heterocycles. The van der Waals surface area contributed by atoms with Crippen LogP contribution < -0.4 is 0 Å². The van der Waals surface area contributed by atoms with Crippen LogP contribution in [0.5, 0.6) is 0 Å². The molecule has 1 saturated carbocycles. The topological polar surface area (TPSA) is 32.7 Å². The maximum absolute atomic E-state index is 12.4. The molecule has 3 aliphatic rings. The van der Waals surface area contributed by atoms with Gasteiger partial charge in [0.2, 0.25) is 5.91 Å². The number of thiol groups is 1. The second-order valence-electron chi connectivity index (χ2n) is 4.87. The van der Waals surface area contributed by atoms with Crippen molar-refractivity contribution in [1.29, 1.82) is 0 Å². The van der Waals surface area contributed by atoms with E-state index in [9.17, 15) is 4.79 Å². The van der Waals surface area contributed by atoms with Gasteiger partial charge in [-0.1, -0.05) is 11.8 Å². The number of amidine groups is 1. The third kappa shape index (κ3) is 2.10. The quantitative estimate of drug-likeness (QED) is 0.592. The highest BCUT2D eigenvalue weighted by Gasteiger charge is 2.45. The maximum Gasteiger partial charge on any atom is 0.233 e. The number of hydrogen-bond donors (Lipinski definition) is 1. The number of nitrogens with zero attached hydrogens (tertiary/aromatic N) is 2. The SMILES string of the molecule is O=C1C2CCC(Cl)CC2N=C2SC(CS)CN12. The van der Waals surface area contributed by atoms with Crippen molar-refractivity contribution in [3.8, 4) is 0 Å². The monoisotopic (exact) mass is 290 g/mol. The summed E-state index contributed by atoms with van der Waals surface area (Å²) in [5.41, 5.74) is 0. The Morgan fingerprint density at radius 2 is 2.35 bits per heavy atom. The van der Waals surface area contributed by atoms with Crippen LogP contribution in [0.4, 0.5) is 0 Å². The molecule has 3 nitrogen and oxygen atoms in total. The van der Waals surface area contributed by atoms with Crippen LogP contribution in [0.1, 0.15) is 19.3 Å². The summed E-state index contributed by atoms with van der Waals surface area (Å²) in [6, 6.07) is 0.121. The van der Waals surface area contributed by atoms with Gasteiger partial charge in [0.25, 0.3) is 0 Å². The molecule has 2 fully saturated rings. The van der Waals surface area contributed by atoms with E-state index in [4.69, 9.17) is 16.6 Å². The molecule has 2 heterocycles. The molecule has 0 N–H and O–H groups in total. The van der Waals surface area contributed by atoms with Gasteiger partial charge in [-0.2, -0.15) is 12.6 Å². The Morgan fingerprint density at radius 3 is 3.12 bits per heavy atom. The van der Waals surface area contributed by atoms with Crippen molar-refractivity contribution in [2.45, 2.75) is 35.9 Å². The maximum atomic E-state index is 12.4. The molecule has 0 bridgehead atoms. The number of rotatable bonds is 1. The molecule has 3 rings (SSSR count). The second-order valence-corrected chi connectivity index (χ2v) is 7.12. The zero-order valence-corrected chi connectivity index (χ0v) is 11.8. The summed E-state index contributed by atoms with van der Waals surface area (Å²) >= 11 is 12.2. The van der Waals surface area contributed by atoms with Crippen LogP contribution in [0, 0.1) is 5.92 Å². The lowest BCUT2D eigenvalue weighted by atomic mass is 9.83. The first kappa shape index (κ1) is 12.2. The van der Waals surface area contributed by atoms with Crippen LogP contribution in [0.2, 0.25) is 0 Å². The van der Waals surface area contributed by atoms with Crippen molar-refractivity contribution in [2.75, 3.05) is 12.3 Å². The third-order valence-corrected chi connectivity index (χ3v) is 5.97. The van der Waals surface area contributed by atoms with Crippen LogP contribution in [-0.2, 0) is 4.79 Å². The largest absolute Gasteiger partial charge is 0.290 e. The Hall–Kier alpha value is 0.130. The molecule has 0 aromatic carbocycles. The normalized spacial score (nSPS) is 40.9. The number of thioether (sulfide) groups is 1. The number of carbonyl (C=O) groups is 1. The fourth-order valence-corrected chi connectivity index (χ4v) is 4.51. The van der Waals surface area contributed by atoms with E-state index >= 15 is 0 Å². The molecule has 4 unspecified atom stereocenters. The van der Waals surface area contributed by atoms with Crippen molar-refractivity contribution < 1.29 is 4.79 Å². The summed E-state index contributed by atoms with van der Waals surface area (Å²) in [6.45, 7) is 0.777. The van der Waals surface area contributed by atoms with Crippen LogP contribution in [0.3, 0.4) is 0 Å². The summed E-state index contributed by atoms with van der Waals surface area (Å²) in [5, 5.41) is 1.49. The van der Waals surface area contributed by atoms with Crippen molar-refractivity contribution in [2.24, 2.45) is 10.9 Å². The van der Waals surface area contributed by atoms with Crippen LogP contribution in [0.15, 0.2) is 4.99 Å². The first-order valence-corrected chi connectivity index (χ1v) is 7.94. The van der Waals surface area contributed by atoms with Gasteiger partial charge >= 0.3 is 0 Å². The number of amides is 1. The fourth-order valence-electron chi connectivity index (χ4n) is 2.78. The van der Waals surface area contributed by atoms with Gasteiger partial charge in [0.15, 0.2) is 5.17 Å². The Kier molecular flexibility index (Phi) is 3.34. The molecule has 0 aromatic heterocycles. The first-order valence-electron chi connectivity index (χ1n) is 6.00. The third-order valence-electron chi connectivity index (χ3n) is 3.70. The molecule has 0 spiro atoms. The molecule has 0 radical (unpaired) electrons. The van der Waals surface area contributed by atoms with E-state index in [-0.39, 0.29) is 23.2 Å². The van der Waals surface area contributed by atoms with E-state index in [0.717, 1.165) is 36.7 Å². The van der Waals surface area contributed by atoms with Gasteiger partial charge in [0.1, 0.15) is 0 Å². The molecule has 17 heavy (non-hydrogen) atoms. The van der Waals surface area contributed by atoms with Gasteiger partial charge in [-0.15, -0.1) is 11.6 Å². The van der Waals surface area contributed by atoms with Gasteiger partial charge < -0.3 is 0 Å². The predicted octanol–water partition coefficient (Wildman–Crippen LogP) is 2.01. The standard InChI is InChI=1S/C11H15ClN2OS2/c12-6-1-2-8-9(3-6)13-11-14(10(8)15)4-7(5-16)17-11/h6-9,16H,1-5H2. The highest BCUT2D eigenvalue weighted by Crippen LogP contribution is 2.39. The van der Waals surface area contributed by atoms with Crippen LogP contribution in [0.25, 0.3) is 0 Å². The van der Waals surface area contributed by atoms with E-state index in [1.54, 1.807) is 11.8 Å². The molecule has 1 amide bonds. The summed E-state index contributed by atoms with van der Waals surface area (Å²) in [6.07, 6.45) is 2.68. The zero-order valence-electron chi connectivity index (χ0n) is 9.38. The van der Waals surface area contributed by atoms with Gasteiger partial charge in [0, 0.05) is 22.9 Å². The Balaban J connectivity index is 1.85. The van der Waals surface area contributed by atoms with E-state index in [2.05, 4.69) is 12.6 Å². The predicted molar refractivity (Wildman–Crippen MR) is 75.2 cm³/mol. The van der Waals surface area contributed by atoms with Gasteiger partial charge in [0.05, 0.1) is 12.0 Å². The summed E-state index contributed by atoms with van der Waals surface area (Å²) in [7, 11) is 0. The molecule has 94 valence electrons. The number of halogens is 1. The molecule has 6 heteroatoms. The van der Waals surface area contributed by atoms with Crippen LogP contribution in [-0.4, -0.2) is 44.9 Å². The summed E-state index contributed by atoms with van der Waals surface area (Å²) in [4.78, 5) is 19.0. The minimum atomic E-state index is 0.0769. The molecule has 0 aromatic rings. The van der Waals surface area contributed by atoms with E-state index in [1.807, 2.05) is 4.90 Å². The summed E-state index contributed by atoms with van der Waals surface area (Å²) < 4.78 is 0. The number of carbonyl (C=O) groups excluding carboxylic acids is 1. The molecular weight excluding hydrogens is 276 g/mol. The minimum absolute atomic E-state index is 0.0769. The number of fused-ring (bicyclic) bond motifs is 2. The highest BCUT2D eigenvalue weighted by atomic mass is 35.5. The average molecular weight is 291 g/mol. The molecule has 1 aliphatic carbocycles. The zero-order chi connectivity index (χ0) is 12.0. The first-order chi connectivity index (χ1) is 8.19. The molecular formula is C11H15ClN2OS2. The van der Waals surface area contributed by atoms with Crippen molar-refractivity contribution >= 4 is 47.1 Å². The number of alkyl halides is 1. The van der Waals surface area contributed by atoms with Crippen LogP contribution >= 0.6 is 36.0 Å². The van der Waals surface area contributed by atoms with E-state index in [1.165, 1.54) is 0 Å². The second kappa shape index (κ2) is 4.67. The lowest BCUT2D eigenvalue weighted by Gasteiger charge is -2.37. The smallest absolute Gasteiger partial charge is 0.233 e. The van der Waals surface area contributed by atoms with Crippen molar-refractivity contribution in [1.82, 2.24) is 4.90 Å². The van der Waals surface area contributed by atoms with Gasteiger partial charge in [-0.05, 0) is 19.3 Å². The Bertz CT molecular complexity index is 376. The Morgan fingerprint density at radius 1 is 1.53 bits per heavy atom. The molecule has 1 saturated heterocycles.